The minimum absolute atomic E-state index is 0.0573. The van der Waals surface area contributed by atoms with Crippen molar-refractivity contribution in [3.8, 4) is 17.2 Å². The van der Waals surface area contributed by atoms with E-state index in [1.165, 1.54) is 38.5 Å². The first-order valence-corrected chi connectivity index (χ1v) is 6.75. The third-order valence-corrected chi connectivity index (χ3v) is 3.43. The van der Waals surface area contributed by atoms with Gasteiger partial charge in [-0.3, -0.25) is 4.79 Å². The van der Waals surface area contributed by atoms with Gasteiger partial charge in [0.05, 0.1) is 24.8 Å². The Morgan fingerprint density at radius 1 is 1.18 bits per heavy atom. The lowest BCUT2D eigenvalue weighted by Crippen LogP contribution is -2.02. The number of carbonyl (C=O) groups excluding carboxylic acids is 1. The lowest BCUT2D eigenvalue weighted by atomic mass is 10.2. The molecular formula is C16H14ClFO4. The van der Waals surface area contributed by atoms with E-state index in [-0.39, 0.29) is 22.8 Å². The van der Waals surface area contributed by atoms with Crippen LogP contribution in [0.25, 0.3) is 0 Å². The summed E-state index contributed by atoms with van der Waals surface area (Å²) in [5, 5.41) is 0.281. The van der Waals surface area contributed by atoms with E-state index in [2.05, 4.69) is 0 Å². The maximum absolute atomic E-state index is 13.7. The molecular weight excluding hydrogens is 311 g/mol. The van der Waals surface area contributed by atoms with Gasteiger partial charge in [-0.2, -0.15) is 0 Å². The van der Waals surface area contributed by atoms with Gasteiger partial charge in [-0.1, -0.05) is 17.7 Å². The molecule has 116 valence electrons. The lowest BCUT2D eigenvalue weighted by molar-refractivity contribution is 0.111. The summed E-state index contributed by atoms with van der Waals surface area (Å²) in [6.45, 7) is -0.0573. The first-order valence-electron chi connectivity index (χ1n) is 6.37. The molecule has 0 aliphatic rings. The molecule has 0 atom stereocenters. The van der Waals surface area contributed by atoms with Crippen LogP contribution in [-0.4, -0.2) is 20.5 Å². The fourth-order valence-electron chi connectivity index (χ4n) is 1.94. The van der Waals surface area contributed by atoms with Gasteiger partial charge in [0, 0.05) is 17.7 Å². The minimum Gasteiger partial charge on any atom is -0.496 e. The van der Waals surface area contributed by atoms with Crippen LogP contribution < -0.4 is 14.2 Å². The maximum atomic E-state index is 13.7. The van der Waals surface area contributed by atoms with Gasteiger partial charge in [0.1, 0.15) is 29.7 Å². The van der Waals surface area contributed by atoms with Gasteiger partial charge in [-0.25, -0.2) is 4.39 Å². The molecule has 2 aromatic carbocycles. The Labute approximate surface area is 132 Å². The fraction of sp³-hybridized carbons (Fsp3) is 0.188. The van der Waals surface area contributed by atoms with Gasteiger partial charge in [-0.15, -0.1) is 0 Å². The summed E-state index contributed by atoms with van der Waals surface area (Å²) in [5.41, 5.74) is 0.530. The second-order valence-corrected chi connectivity index (χ2v) is 4.76. The molecule has 0 aliphatic carbocycles. The molecule has 6 heteroatoms. The summed E-state index contributed by atoms with van der Waals surface area (Å²) in [5.74, 6) is 0.544. The normalized spacial score (nSPS) is 10.2. The van der Waals surface area contributed by atoms with Crippen molar-refractivity contribution in [1.82, 2.24) is 0 Å². The number of carbonyl (C=O) groups is 1. The second-order valence-electron chi connectivity index (χ2n) is 4.35. The van der Waals surface area contributed by atoms with E-state index in [0.717, 1.165) is 0 Å². The molecule has 0 saturated heterocycles. The van der Waals surface area contributed by atoms with E-state index >= 15 is 0 Å². The number of methoxy groups -OCH3 is 2. The fourth-order valence-corrected chi connectivity index (χ4v) is 2.16. The van der Waals surface area contributed by atoms with Gasteiger partial charge in [0.15, 0.2) is 6.29 Å². The van der Waals surface area contributed by atoms with Gasteiger partial charge in [-0.05, 0) is 12.1 Å². The monoisotopic (exact) mass is 324 g/mol. The highest BCUT2D eigenvalue weighted by molar-refractivity contribution is 6.31. The molecule has 2 aromatic rings. The number of rotatable bonds is 6. The molecule has 0 amide bonds. The SMILES string of the molecule is COc1cc(OCc2c(F)cccc2Cl)cc(OC)c1C=O. The van der Waals surface area contributed by atoms with Crippen LogP contribution in [0, 0.1) is 5.82 Å². The Hall–Kier alpha value is -2.27. The molecule has 0 heterocycles. The van der Waals surface area contributed by atoms with E-state index in [9.17, 15) is 9.18 Å². The molecule has 0 saturated carbocycles. The summed E-state index contributed by atoms with van der Waals surface area (Å²) in [6, 6.07) is 7.47. The predicted molar refractivity (Wildman–Crippen MR) is 80.7 cm³/mol. The zero-order valence-electron chi connectivity index (χ0n) is 12.1. The number of halogens is 2. The first kappa shape index (κ1) is 16.1. The molecule has 22 heavy (non-hydrogen) atoms. The summed E-state index contributed by atoms with van der Waals surface area (Å²) in [6.07, 6.45) is 0.634. The average Bonchev–Trinajstić information content (AvgIpc) is 2.53. The van der Waals surface area contributed by atoms with Gasteiger partial charge in [0.25, 0.3) is 0 Å². The van der Waals surface area contributed by atoms with Crippen LogP contribution in [-0.2, 0) is 6.61 Å². The number of hydrogen-bond donors (Lipinski definition) is 0. The molecule has 0 fully saturated rings. The lowest BCUT2D eigenvalue weighted by Gasteiger charge is -2.13. The molecule has 0 radical (unpaired) electrons. The molecule has 0 N–H and O–H groups in total. The minimum atomic E-state index is -0.448. The number of aldehydes is 1. The van der Waals surface area contributed by atoms with Crippen molar-refractivity contribution in [2.45, 2.75) is 6.61 Å². The molecule has 0 unspecified atom stereocenters. The zero-order valence-corrected chi connectivity index (χ0v) is 12.8. The van der Waals surface area contributed by atoms with Crippen molar-refractivity contribution >= 4 is 17.9 Å². The molecule has 4 nitrogen and oxygen atoms in total. The topological polar surface area (TPSA) is 44.8 Å². The van der Waals surface area contributed by atoms with E-state index in [0.29, 0.717) is 23.5 Å². The van der Waals surface area contributed by atoms with Crippen LogP contribution in [0.2, 0.25) is 5.02 Å². The highest BCUT2D eigenvalue weighted by Gasteiger charge is 2.14. The largest absolute Gasteiger partial charge is 0.496 e. The molecule has 0 bridgehead atoms. The Bertz CT molecular complexity index is 643. The van der Waals surface area contributed by atoms with Crippen molar-refractivity contribution in [3.63, 3.8) is 0 Å². The molecule has 0 spiro atoms. The van der Waals surface area contributed by atoms with E-state index < -0.39 is 5.82 Å². The molecule has 0 aromatic heterocycles. The van der Waals surface area contributed by atoms with E-state index in [4.69, 9.17) is 25.8 Å². The van der Waals surface area contributed by atoms with E-state index in [1.807, 2.05) is 0 Å². The molecule has 0 aliphatic heterocycles. The first-order chi connectivity index (χ1) is 10.6. The number of hydrogen-bond acceptors (Lipinski definition) is 4. The third-order valence-electron chi connectivity index (χ3n) is 3.08. The van der Waals surface area contributed by atoms with Crippen LogP contribution in [0.3, 0.4) is 0 Å². The highest BCUT2D eigenvalue weighted by atomic mass is 35.5. The second kappa shape index (κ2) is 7.13. The zero-order chi connectivity index (χ0) is 16.1. The van der Waals surface area contributed by atoms with Crippen LogP contribution in [0.15, 0.2) is 30.3 Å². The predicted octanol–water partition coefficient (Wildman–Crippen LogP) is 3.89. The molecule has 2 rings (SSSR count). The summed E-state index contributed by atoms with van der Waals surface area (Å²) in [7, 11) is 2.86. The average molecular weight is 325 g/mol. The van der Waals surface area contributed by atoms with Crippen LogP contribution in [0.5, 0.6) is 17.2 Å². The van der Waals surface area contributed by atoms with Gasteiger partial charge in [0.2, 0.25) is 0 Å². The van der Waals surface area contributed by atoms with Crippen molar-refractivity contribution in [1.29, 1.82) is 0 Å². The smallest absolute Gasteiger partial charge is 0.157 e. The quantitative estimate of drug-likeness (QED) is 0.756. The van der Waals surface area contributed by atoms with Gasteiger partial charge < -0.3 is 14.2 Å². The Morgan fingerprint density at radius 3 is 2.32 bits per heavy atom. The van der Waals surface area contributed by atoms with Crippen molar-refractivity contribution < 1.29 is 23.4 Å². The standard InChI is InChI=1S/C16H14ClFO4/c1-20-15-6-10(7-16(21-2)11(15)8-19)22-9-12-13(17)4-3-5-14(12)18/h3-8H,9H2,1-2H3. The summed E-state index contributed by atoms with van der Waals surface area (Å²) >= 11 is 5.94. The van der Waals surface area contributed by atoms with Gasteiger partial charge >= 0.3 is 0 Å². The van der Waals surface area contributed by atoms with Crippen molar-refractivity contribution in [2.24, 2.45) is 0 Å². The van der Waals surface area contributed by atoms with Crippen molar-refractivity contribution in [2.75, 3.05) is 14.2 Å². The summed E-state index contributed by atoms with van der Waals surface area (Å²) in [4.78, 5) is 11.1. The highest BCUT2D eigenvalue weighted by Crippen LogP contribution is 2.33. The Kier molecular flexibility index (Phi) is 5.22. The summed E-state index contributed by atoms with van der Waals surface area (Å²) < 4.78 is 29.5. The van der Waals surface area contributed by atoms with Crippen LogP contribution in [0.1, 0.15) is 15.9 Å². The van der Waals surface area contributed by atoms with Crippen LogP contribution >= 0.6 is 11.6 Å². The number of ether oxygens (including phenoxy) is 3. The number of benzene rings is 2. The maximum Gasteiger partial charge on any atom is 0.157 e. The van der Waals surface area contributed by atoms with Crippen molar-refractivity contribution in [3.05, 3.63) is 52.3 Å². The van der Waals surface area contributed by atoms with Crippen LogP contribution in [0.4, 0.5) is 4.39 Å². The Balaban J connectivity index is 2.28. The Morgan fingerprint density at radius 2 is 1.82 bits per heavy atom. The van der Waals surface area contributed by atoms with E-state index in [1.54, 1.807) is 6.07 Å². The third kappa shape index (κ3) is 3.31.